The molecule has 0 saturated heterocycles. The lowest BCUT2D eigenvalue weighted by Crippen LogP contribution is -2.27. The summed E-state index contributed by atoms with van der Waals surface area (Å²) in [6, 6.07) is 12.8. The van der Waals surface area contributed by atoms with Gasteiger partial charge in [0.25, 0.3) is 5.91 Å². The summed E-state index contributed by atoms with van der Waals surface area (Å²) in [5, 5.41) is 2.98. The van der Waals surface area contributed by atoms with Gasteiger partial charge in [-0.2, -0.15) is 0 Å². The SMILES string of the molecule is COc1ccccc1C(C)NC(=O)c1cc(N)ccc1C. The third kappa shape index (κ3) is 3.34. The van der Waals surface area contributed by atoms with Crippen LogP contribution in [0.4, 0.5) is 5.69 Å². The van der Waals surface area contributed by atoms with Crippen molar-refractivity contribution >= 4 is 11.6 Å². The van der Waals surface area contributed by atoms with Crippen molar-refractivity contribution in [3.8, 4) is 5.75 Å². The lowest BCUT2D eigenvalue weighted by atomic mass is 10.0. The Morgan fingerprint density at radius 2 is 1.95 bits per heavy atom. The van der Waals surface area contributed by atoms with Gasteiger partial charge in [0.05, 0.1) is 13.2 Å². The highest BCUT2D eigenvalue weighted by atomic mass is 16.5. The predicted octanol–water partition coefficient (Wildman–Crippen LogP) is 3.08. The zero-order valence-electron chi connectivity index (χ0n) is 12.5. The van der Waals surface area contributed by atoms with E-state index in [0.29, 0.717) is 11.3 Å². The van der Waals surface area contributed by atoms with Crippen LogP contribution in [-0.4, -0.2) is 13.0 Å². The molecule has 110 valence electrons. The van der Waals surface area contributed by atoms with E-state index in [4.69, 9.17) is 10.5 Å². The quantitative estimate of drug-likeness (QED) is 0.848. The number of anilines is 1. The summed E-state index contributed by atoms with van der Waals surface area (Å²) >= 11 is 0. The highest BCUT2D eigenvalue weighted by Gasteiger charge is 2.16. The fourth-order valence-electron chi connectivity index (χ4n) is 2.26. The number of para-hydroxylation sites is 1. The Labute approximate surface area is 124 Å². The topological polar surface area (TPSA) is 64.3 Å². The number of ether oxygens (including phenoxy) is 1. The molecule has 0 aliphatic rings. The van der Waals surface area contributed by atoms with E-state index >= 15 is 0 Å². The van der Waals surface area contributed by atoms with Crippen molar-refractivity contribution < 1.29 is 9.53 Å². The smallest absolute Gasteiger partial charge is 0.252 e. The van der Waals surface area contributed by atoms with Gasteiger partial charge in [-0.05, 0) is 37.6 Å². The molecule has 0 bridgehead atoms. The molecule has 3 N–H and O–H groups in total. The van der Waals surface area contributed by atoms with E-state index < -0.39 is 0 Å². The minimum absolute atomic E-state index is 0.141. The molecule has 2 aromatic rings. The summed E-state index contributed by atoms with van der Waals surface area (Å²) in [4.78, 5) is 12.4. The van der Waals surface area contributed by atoms with E-state index in [1.165, 1.54) is 0 Å². The molecule has 0 aromatic heterocycles. The molecule has 4 heteroatoms. The molecule has 4 nitrogen and oxygen atoms in total. The summed E-state index contributed by atoms with van der Waals surface area (Å²) in [7, 11) is 1.62. The van der Waals surface area contributed by atoms with E-state index in [0.717, 1.165) is 16.9 Å². The number of nitrogen functional groups attached to an aromatic ring is 1. The van der Waals surface area contributed by atoms with Crippen molar-refractivity contribution in [2.45, 2.75) is 19.9 Å². The third-order valence-corrected chi connectivity index (χ3v) is 3.46. The Morgan fingerprint density at radius 3 is 2.67 bits per heavy atom. The van der Waals surface area contributed by atoms with Crippen molar-refractivity contribution in [1.29, 1.82) is 0 Å². The Bertz CT molecular complexity index is 653. The molecular weight excluding hydrogens is 264 g/mol. The monoisotopic (exact) mass is 284 g/mol. The molecule has 0 saturated carbocycles. The highest BCUT2D eigenvalue weighted by molar-refractivity contribution is 5.96. The minimum atomic E-state index is -0.158. The summed E-state index contributed by atoms with van der Waals surface area (Å²) < 4.78 is 5.33. The number of carbonyl (C=O) groups is 1. The van der Waals surface area contributed by atoms with E-state index in [1.807, 2.05) is 44.2 Å². The second-order valence-electron chi connectivity index (χ2n) is 5.01. The molecule has 0 heterocycles. The summed E-state index contributed by atoms with van der Waals surface area (Å²) in [6.45, 7) is 3.82. The standard InChI is InChI=1S/C17H20N2O2/c1-11-8-9-13(18)10-15(11)17(20)19-12(2)14-6-4-5-7-16(14)21-3/h4-10,12H,18H2,1-3H3,(H,19,20). The fourth-order valence-corrected chi connectivity index (χ4v) is 2.26. The second kappa shape index (κ2) is 6.31. The van der Waals surface area contributed by atoms with Gasteiger partial charge >= 0.3 is 0 Å². The van der Waals surface area contributed by atoms with E-state index in [9.17, 15) is 4.79 Å². The molecule has 0 fully saturated rings. The lowest BCUT2D eigenvalue weighted by molar-refractivity contribution is 0.0939. The molecule has 0 radical (unpaired) electrons. The van der Waals surface area contributed by atoms with Crippen molar-refractivity contribution in [3.05, 3.63) is 59.2 Å². The first-order chi connectivity index (χ1) is 10.0. The van der Waals surface area contributed by atoms with Gasteiger partial charge in [0.1, 0.15) is 5.75 Å². The molecule has 21 heavy (non-hydrogen) atoms. The Balaban J connectivity index is 2.21. The maximum atomic E-state index is 12.4. The molecule has 1 atom stereocenters. The maximum absolute atomic E-state index is 12.4. The first kappa shape index (κ1) is 14.9. The number of nitrogens with one attached hydrogen (secondary N) is 1. The summed E-state index contributed by atoms with van der Waals surface area (Å²) in [6.07, 6.45) is 0. The van der Waals surface area contributed by atoms with Gasteiger partial charge in [-0.1, -0.05) is 24.3 Å². The van der Waals surface area contributed by atoms with Crippen molar-refractivity contribution in [2.75, 3.05) is 12.8 Å². The zero-order chi connectivity index (χ0) is 15.4. The maximum Gasteiger partial charge on any atom is 0.252 e. The zero-order valence-corrected chi connectivity index (χ0v) is 12.5. The van der Waals surface area contributed by atoms with Gasteiger partial charge in [0.2, 0.25) is 0 Å². The molecule has 2 aromatic carbocycles. The van der Waals surface area contributed by atoms with Crippen LogP contribution in [0.3, 0.4) is 0 Å². The van der Waals surface area contributed by atoms with Gasteiger partial charge in [0, 0.05) is 16.8 Å². The van der Waals surface area contributed by atoms with Crippen LogP contribution in [0.1, 0.15) is 34.5 Å². The fraction of sp³-hybridized carbons (Fsp3) is 0.235. The normalized spacial score (nSPS) is 11.8. The average molecular weight is 284 g/mol. The number of hydrogen-bond donors (Lipinski definition) is 2. The minimum Gasteiger partial charge on any atom is -0.496 e. The number of methoxy groups -OCH3 is 1. The number of rotatable bonds is 4. The number of hydrogen-bond acceptors (Lipinski definition) is 3. The number of aryl methyl sites for hydroxylation is 1. The van der Waals surface area contributed by atoms with Gasteiger partial charge in [-0.15, -0.1) is 0 Å². The van der Waals surface area contributed by atoms with Gasteiger partial charge in [-0.3, -0.25) is 4.79 Å². The van der Waals surface area contributed by atoms with Crippen molar-refractivity contribution in [2.24, 2.45) is 0 Å². The molecule has 1 unspecified atom stereocenters. The average Bonchev–Trinajstić information content (AvgIpc) is 2.49. The molecule has 2 rings (SSSR count). The Morgan fingerprint density at radius 1 is 1.24 bits per heavy atom. The predicted molar refractivity (Wildman–Crippen MR) is 84.5 cm³/mol. The highest BCUT2D eigenvalue weighted by Crippen LogP contribution is 2.25. The number of amides is 1. The van der Waals surface area contributed by atoms with Gasteiger partial charge in [-0.25, -0.2) is 0 Å². The molecule has 0 spiro atoms. The molecular formula is C17H20N2O2. The summed E-state index contributed by atoms with van der Waals surface area (Å²) in [5.74, 6) is 0.618. The van der Waals surface area contributed by atoms with Crippen LogP contribution in [0.2, 0.25) is 0 Å². The van der Waals surface area contributed by atoms with Crippen LogP contribution in [0, 0.1) is 6.92 Å². The number of carbonyl (C=O) groups excluding carboxylic acids is 1. The van der Waals surface area contributed by atoms with Crippen LogP contribution in [0.15, 0.2) is 42.5 Å². The number of benzene rings is 2. The third-order valence-electron chi connectivity index (χ3n) is 3.46. The lowest BCUT2D eigenvalue weighted by Gasteiger charge is -2.18. The first-order valence-corrected chi connectivity index (χ1v) is 6.83. The van der Waals surface area contributed by atoms with Gasteiger partial charge in [0.15, 0.2) is 0 Å². The van der Waals surface area contributed by atoms with Crippen LogP contribution in [0.5, 0.6) is 5.75 Å². The molecule has 0 aliphatic heterocycles. The van der Waals surface area contributed by atoms with E-state index in [-0.39, 0.29) is 11.9 Å². The molecule has 1 amide bonds. The van der Waals surface area contributed by atoms with E-state index in [1.54, 1.807) is 19.2 Å². The van der Waals surface area contributed by atoms with Gasteiger partial charge < -0.3 is 15.8 Å². The first-order valence-electron chi connectivity index (χ1n) is 6.83. The largest absolute Gasteiger partial charge is 0.496 e. The van der Waals surface area contributed by atoms with Crippen LogP contribution in [0.25, 0.3) is 0 Å². The summed E-state index contributed by atoms with van der Waals surface area (Å²) in [5.41, 5.74) is 8.76. The Hall–Kier alpha value is -2.49. The molecule has 0 aliphatic carbocycles. The van der Waals surface area contributed by atoms with E-state index in [2.05, 4.69) is 5.32 Å². The Kier molecular flexibility index (Phi) is 4.48. The van der Waals surface area contributed by atoms with Crippen molar-refractivity contribution in [3.63, 3.8) is 0 Å². The van der Waals surface area contributed by atoms with Crippen molar-refractivity contribution in [1.82, 2.24) is 5.32 Å². The van der Waals surface area contributed by atoms with Crippen LogP contribution in [-0.2, 0) is 0 Å². The van der Waals surface area contributed by atoms with Crippen LogP contribution < -0.4 is 15.8 Å². The second-order valence-corrected chi connectivity index (χ2v) is 5.01. The number of nitrogens with two attached hydrogens (primary N) is 1. The van der Waals surface area contributed by atoms with Crippen LogP contribution >= 0.6 is 0 Å².